The van der Waals surface area contributed by atoms with Crippen LogP contribution in [0.4, 0.5) is 0 Å². The maximum absolute atomic E-state index is 11.2. The van der Waals surface area contributed by atoms with Crippen LogP contribution >= 0.6 is 11.6 Å². The van der Waals surface area contributed by atoms with Crippen LogP contribution in [0.5, 0.6) is 0 Å². The highest BCUT2D eigenvalue weighted by atomic mass is 35.5. The number of alkyl halides is 1. The number of nitrogens with zero attached hydrogens (tertiary/aromatic N) is 2. The fourth-order valence-corrected chi connectivity index (χ4v) is 1.19. The average Bonchev–Trinajstić information content (AvgIpc) is 2.47. The van der Waals surface area contributed by atoms with Crippen molar-refractivity contribution in [2.75, 3.05) is 6.61 Å². The molecule has 0 atom stereocenters. The van der Waals surface area contributed by atoms with Gasteiger partial charge < -0.3 is 4.74 Å². The highest BCUT2D eigenvalue weighted by Gasteiger charge is 2.12. The van der Waals surface area contributed by atoms with Gasteiger partial charge in [-0.25, -0.2) is 4.79 Å². The highest BCUT2D eigenvalue weighted by Crippen LogP contribution is 2.06. The van der Waals surface area contributed by atoms with Gasteiger partial charge in [0.2, 0.25) is 0 Å². The van der Waals surface area contributed by atoms with E-state index in [1.54, 1.807) is 24.7 Å². The van der Waals surface area contributed by atoms with E-state index < -0.39 is 5.97 Å². The summed E-state index contributed by atoms with van der Waals surface area (Å²) in [5, 5.41) is 3.96. The van der Waals surface area contributed by atoms with Crippen LogP contribution < -0.4 is 0 Å². The van der Waals surface area contributed by atoms with Crippen LogP contribution in [0.3, 0.4) is 0 Å². The minimum Gasteiger partial charge on any atom is -0.461 e. The molecule has 1 aromatic rings. The zero-order valence-electron chi connectivity index (χ0n) is 7.58. The molecular weight excluding hydrogens is 192 g/mol. The molecule has 72 valence electrons. The Morgan fingerprint density at radius 3 is 2.92 bits per heavy atom. The van der Waals surface area contributed by atoms with Gasteiger partial charge in [-0.3, -0.25) is 4.68 Å². The topological polar surface area (TPSA) is 44.1 Å². The molecule has 1 heterocycles. The second-order valence-electron chi connectivity index (χ2n) is 2.50. The summed E-state index contributed by atoms with van der Waals surface area (Å²) >= 11 is 5.61. The third-order valence-electron chi connectivity index (χ3n) is 1.60. The van der Waals surface area contributed by atoms with Crippen molar-refractivity contribution in [2.24, 2.45) is 7.05 Å². The van der Waals surface area contributed by atoms with Crippen LogP contribution in [0.2, 0.25) is 0 Å². The van der Waals surface area contributed by atoms with Gasteiger partial charge in [0, 0.05) is 7.05 Å². The van der Waals surface area contributed by atoms with E-state index in [-0.39, 0.29) is 0 Å². The number of esters is 1. The molecule has 0 radical (unpaired) electrons. The molecule has 0 saturated carbocycles. The number of carbonyl (C=O) groups is 1. The van der Waals surface area contributed by atoms with Crippen LogP contribution in [0, 0.1) is 0 Å². The largest absolute Gasteiger partial charge is 0.461 e. The van der Waals surface area contributed by atoms with Crippen molar-refractivity contribution in [3.63, 3.8) is 0 Å². The quantitative estimate of drug-likeness (QED) is 0.549. The van der Waals surface area contributed by atoms with Crippen molar-refractivity contribution in [1.29, 1.82) is 0 Å². The van der Waals surface area contributed by atoms with Gasteiger partial charge in [-0.1, -0.05) is 0 Å². The van der Waals surface area contributed by atoms with Gasteiger partial charge in [0.1, 0.15) is 0 Å². The van der Waals surface area contributed by atoms with Gasteiger partial charge in [0.15, 0.2) is 5.69 Å². The molecule has 4 nitrogen and oxygen atoms in total. The minimum atomic E-state index is -0.408. The first-order valence-electron chi connectivity index (χ1n) is 3.95. The van der Waals surface area contributed by atoms with E-state index in [0.717, 1.165) is 5.69 Å². The standard InChI is InChI=1S/C8H11ClN2O2/c1-3-13-8(12)7-4-6(5-9)11(2)10-7/h4H,3,5H2,1-2H3. The number of rotatable bonds is 3. The molecule has 0 spiro atoms. The van der Waals surface area contributed by atoms with Gasteiger partial charge in [0.05, 0.1) is 18.2 Å². The van der Waals surface area contributed by atoms with Gasteiger partial charge in [-0.15, -0.1) is 11.6 Å². The van der Waals surface area contributed by atoms with E-state index in [0.29, 0.717) is 18.2 Å². The Bertz CT molecular complexity index is 309. The molecule has 0 unspecified atom stereocenters. The van der Waals surface area contributed by atoms with Gasteiger partial charge in [-0.05, 0) is 13.0 Å². The van der Waals surface area contributed by atoms with Crippen molar-refractivity contribution in [3.8, 4) is 0 Å². The first kappa shape index (κ1) is 10.1. The molecule has 0 saturated heterocycles. The van der Waals surface area contributed by atoms with Crippen LogP contribution in [0.1, 0.15) is 23.1 Å². The molecule has 0 aliphatic heterocycles. The SMILES string of the molecule is CCOC(=O)c1cc(CCl)n(C)n1. The summed E-state index contributed by atoms with van der Waals surface area (Å²) < 4.78 is 6.35. The van der Waals surface area contributed by atoms with Gasteiger partial charge >= 0.3 is 5.97 Å². The number of ether oxygens (including phenoxy) is 1. The molecule has 0 aromatic carbocycles. The Kier molecular flexibility index (Phi) is 3.31. The molecule has 5 heteroatoms. The Labute approximate surface area is 81.4 Å². The lowest BCUT2D eigenvalue weighted by atomic mass is 10.4. The number of aryl methyl sites for hydroxylation is 1. The maximum atomic E-state index is 11.2. The number of carbonyl (C=O) groups excluding carboxylic acids is 1. The number of hydrogen-bond acceptors (Lipinski definition) is 3. The summed E-state index contributed by atoms with van der Waals surface area (Å²) in [6.45, 7) is 2.11. The predicted molar refractivity (Wildman–Crippen MR) is 48.7 cm³/mol. The maximum Gasteiger partial charge on any atom is 0.358 e. The Morgan fingerprint density at radius 1 is 1.77 bits per heavy atom. The van der Waals surface area contributed by atoms with Crippen LogP contribution in [0.15, 0.2) is 6.07 Å². The molecular formula is C8H11ClN2O2. The normalized spacial score (nSPS) is 10.1. The monoisotopic (exact) mass is 202 g/mol. The summed E-state index contributed by atoms with van der Waals surface area (Å²) in [6.07, 6.45) is 0. The smallest absolute Gasteiger partial charge is 0.358 e. The second kappa shape index (κ2) is 4.28. The molecule has 0 fully saturated rings. The molecule has 0 amide bonds. The summed E-state index contributed by atoms with van der Waals surface area (Å²) in [5.41, 5.74) is 1.10. The lowest BCUT2D eigenvalue weighted by Gasteiger charge is -1.95. The summed E-state index contributed by atoms with van der Waals surface area (Å²) in [7, 11) is 1.74. The second-order valence-corrected chi connectivity index (χ2v) is 2.77. The molecule has 0 N–H and O–H groups in total. The van der Waals surface area contributed by atoms with Crippen molar-refractivity contribution in [1.82, 2.24) is 9.78 Å². The van der Waals surface area contributed by atoms with E-state index in [1.165, 1.54) is 0 Å². The van der Waals surface area contributed by atoms with Gasteiger partial charge in [0.25, 0.3) is 0 Å². The highest BCUT2D eigenvalue weighted by molar-refractivity contribution is 6.17. The number of aromatic nitrogens is 2. The first-order valence-corrected chi connectivity index (χ1v) is 4.48. The van der Waals surface area contributed by atoms with Crippen LogP contribution in [0.25, 0.3) is 0 Å². The average molecular weight is 203 g/mol. The Morgan fingerprint density at radius 2 is 2.46 bits per heavy atom. The van der Waals surface area contributed by atoms with E-state index in [9.17, 15) is 4.79 Å². The van der Waals surface area contributed by atoms with E-state index >= 15 is 0 Å². The lowest BCUT2D eigenvalue weighted by Crippen LogP contribution is -2.06. The van der Waals surface area contributed by atoms with Crippen LogP contribution in [-0.2, 0) is 17.7 Å². The fraction of sp³-hybridized carbons (Fsp3) is 0.500. The van der Waals surface area contributed by atoms with E-state index in [4.69, 9.17) is 16.3 Å². The summed E-state index contributed by atoms with van der Waals surface area (Å²) in [5.74, 6) is -0.0717. The zero-order valence-corrected chi connectivity index (χ0v) is 8.34. The Balaban J connectivity index is 2.84. The third-order valence-corrected chi connectivity index (χ3v) is 1.87. The molecule has 0 aliphatic carbocycles. The molecule has 1 rings (SSSR count). The predicted octanol–water partition coefficient (Wildman–Crippen LogP) is 1.34. The summed E-state index contributed by atoms with van der Waals surface area (Å²) in [4.78, 5) is 11.2. The summed E-state index contributed by atoms with van der Waals surface area (Å²) in [6, 6.07) is 1.63. The van der Waals surface area contributed by atoms with Crippen molar-refractivity contribution in [3.05, 3.63) is 17.5 Å². The van der Waals surface area contributed by atoms with Crippen LogP contribution in [-0.4, -0.2) is 22.4 Å². The molecule has 0 aliphatic rings. The van der Waals surface area contributed by atoms with Gasteiger partial charge in [-0.2, -0.15) is 5.10 Å². The number of hydrogen-bond donors (Lipinski definition) is 0. The molecule has 0 bridgehead atoms. The molecule has 1 aromatic heterocycles. The third kappa shape index (κ3) is 2.21. The van der Waals surface area contributed by atoms with E-state index in [1.807, 2.05) is 0 Å². The van der Waals surface area contributed by atoms with Crippen molar-refractivity contribution < 1.29 is 9.53 Å². The first-order chi connectivity index (χ1) is 6.19. The fourth-order valence-electron chi connectivity index (χ4n) is 0.936. The lowest BCUT2D eigenvalue weighted by molar-refractivity contribution is 0.0518. The minimum absolute atomic E-state index is 0.306. The number of halogens is 1. The van der Waals surface area contributed by atoms with Crippen molar-refractivity contribution >= 4 is 17.6 Å². The molecule has 13 heavy (non-hydrogen) atoms. The Hall–Kier alpha value is -1.03. The van der Waals surface area contributed by atoms with E-state index in [2.05, 4.69) is 5.10 Å². The zero-order chi connectivity index (χ0) is 9.84. The van der Waals surface area contributed by atoms with Crippen molar-refractivity contribution in [2.45, 2.75) is 12.8 Å².